The van der Waals surface area contributed by atoms with Crippen molar-refractivity contribution in [1.29, 1.82) is 0 Å². The van der Waals surface area contributed by atoms with Gasteiger partial charge in [-0.1, -0.05) is 31.5 Å². The van der Waals surface area contributed by atoms with Gasteiger partial charge >= 0.3 is 0 Å². The summed E-state index contributed by atoms with van der Waals surface area (Å²) >= 11 is 4.57. The predicted octanol–water partition coefficient (Wildman–Crippen LogP) is 0.525. The summed E-state index contributed by atoms with van der Waals surface area (Å²) in [6, 6.07) is 0.0862. The standard InChI is InChI=1S/C8H16N2O2S2/c9-8(13)6-14(11,12)10-7-4-2-1-3-5-7/h7,10H,1-6H2,(H2,9,13). The number of hydrogen-bond donors (Lipinski definition) is 2. The zero-order chi connectivity index (χ0) is 10.6. The van der Waals surface area contributed by atoms with Crippen molar-refractivity contribution in [3.63, 3.8) is 0 Å². The van der Waals surface area contributed by atoms with Crippen LogP contribution in [0.3, 0.4) is 0 Å². The molecule has 0 aromatic heterocycles. The summed E-state index contributed by atoms with van der Waals surface area (Å²) in [4.78, 5) is 0.0216. The Kier molecular flexibility index (Phi) is 4.28. The van der Waals surface area contributed by atoms with Crippen LogP contribution in [0.1, 0.15) is 32.1 Å². The van der Waals surface area contributed by atoms with Gasteiger partial charge in [-0.15, -0.1) is 0 Å². The Balaban J connectivity index is 2.45. The fourth-order valence-electron chi connectivity index (χ4n) is 1.70. The molecule has 0 atom stereocenters. The molecule has 3 N–H and O–H groups in total. The smallest absolute Gasteiger partial charge is 0.218 e. The highest BCUT2D eigenvalue weighted by Gasteiger charge is 2.20. The average Bonchev–Trinajstić information content (AvgIpc) is 2.02. The lowest BCUT2D eigenvalue weighted by Crippen LogP contribution is -2.40. The van der Waals surface area contributed by atoms with Crippen LogP contribution in [0.5, 0.6) is 0 Å². The van der Waals surface area contributed by atoms with E-state index in [0.29, 0.717) is 0 Å². The molecule has 0 amide bonds. The van der Waals surface area contributed by atoms with Crippen molar-refractivity contribution in [3.8, 4) is 0 Å². The second-order valence-corrected chi connectivity index (χ2v) is 5.96. The molecule has 6 heteroatoms. The molecule has 0 bridgehead atoms. The molecular formula is C8H16N2O2S2. The van der Waals surface area contributed by atoms with E-state index in [1.165, 1.54) is 6.42 Å². The van der Waals surface area contributed by atoms with Gasteiger partial charge in [0.05, 0.1) is 4.99 Å². The number of rotatable bonds is 4. The second kappa shape index (κ2) is 5.04. The van der Waals surface area contributed by atoms with Crippen molar-refractivity contribution in [2.24, 2.45) is 5.73 Å². The molecule has 0 aromatic carbocycles. The Morgan fingerprint density at radius 1 is 1.36 bits per heavy atom. The fourth-order valence-corrected chi connectivity index (χ4v) is 3.37. The molecule has 1 aliphatic rings. The van der Waals surface area contributed by atoms with Crippen LogP contribution in [0.25, 0.3) is 0 Å². The van der Waals surface area contributed by atoms with Gasteiger partial charge < -0.3 is 5.73 Å². The summed E-state index contributed by atoms with van der Waals surface area (Å²) in [5.41, 5.74) is 5.20. The van der Waals surface area contributed by atoms with E-state index in [1.807, 2.05) is 0 Å². The van der Waals surface area contributed by atoms with Gasteiger partial charge in [0, 0.05) is 6.04 Å². The normalized spacial score (nSPS) is 19.4. The van der Waals surface area contributed by atoms with E-state index in [-0.39, 0.29) is 16.8 Å². The molecule has 1 rings (SSSR count). The van der Waals surface area contributed by atoms with Crippen molar-refractivity contribution < 1.29 is 8.42 Å². The van der Waals surface area contributed by atoms with Crippen molar-refractivity contribution >= 4 is 27.2 Å². The van der Waals surface area contributed by atoms with E-state index in [2.05, 4.69) is 16.9 Å². The van der Waals surface area contributed by atoms with Gasteiger partial charge in [-0.05, 0) is 12.8 Å². The zero-order valence-electron chi connectivity index (χ0n) is 8.03. The topological polar surface area (TPSA) is 72.2 Å². The molecule has 4 nitrogen and oxygen atoms in total. The quantitative estimate of drug-likeness (QED) is 0.698. The van der Waals surface area contributed by atoms with Gasteiger partial charge in [0.1, 0.15) is 5.75 Å². The van der Waals surface area contributed by atoms with Gasteiger partial charge in [-0.25, -0.2) is 13.1 Å². The summed E-state index contributed by atoms with van der Waals surface area (Å²) in [5.74, 6) is -0.237. The van der Waals surface area contributed by atoms with Gasteiger partial charge in [0.2, 0.25) is 10.0 Å². The summed E-state index contributed by atoms with van der Waals surface area (Å²) in [5, 5.41) is 0. The van der Waals surface area contributed by atoms with Gasteiger partial charge in [0.15, 0.2) is 0 Å². The van der Waals surface area contributed by atoms with Crippen LogP contribution in [0, 0.1) is 0 Å². The molecule has 0 heterocycles. The van der Waals surface area contributed by atoms with Crippen molar-refractivity contribution in [2.45, 2.75) is 38.1 Å². The third kappa shape index (κ3) is 4.34. The first-order chi connectivity index (χ1) is 6.49. The van der Waals surface area contributed by atoms with Crippen LogP contribution in [0.2, 0.25) is 0 Å². The minimum absolute atomic E-state index is 0.0216. The van der Waals surface area contributed by atoms with E-state index >= 15 is 0 Å². The minimum Gasteiger partial charge on any atom is -0.392 e. The maximum absolute atomic E-state index is 11.4. The largest absolute Gasteiger partial charge is 0.392 e. The molecule has 0 aliphatic heterocycles. The van der Waals surface area contributed by atoms with Gasteiger partial charge in [-0.2, -0.15) is 0 Å². The first-order valence-electron chi connectivity index (χ1n) is 4.78. The van der Waals surface area contributed by atoms with Crippen LogP contribution >= 0.6 is 12.2 Å². The van der Waals surface area contributed by atoms with E-state index in [4.69, 9.17) is 5.73 Å². The Morgan fingerprint density at radius 3 is 2.43 bits per heavy atom. The van der Waals surface area contributed by atoms with Crippen molar-refractivity contribution in [1.82, 2.24) is 4.72 Å². The third-order valence-electron chi connectivity index (χ3n) is 2.28. The lowest BCUT2D eigenvalue weighted by atomic mass is 9.96. The van der Waals surface area contributed by atoms with Crippen molar-refractivity contribution in [3.05, 3.63) is 0 Å². The van der Waals surface area contributed by atoms with Gasteiger partial charge in [-0.3, -0.25) is 0 Å². The first kappa shape index (κ1) is 11.9. The number of nitrogens with two attached hydrogens (primary N) is 1. The van der Waals surface area contributed by atoms with Crippen molar-refractivity contribution in [2.75, 3.05) is 5.75 Å². The average molecular weight is 236 g/mol. The molecule has 1 saturated carbocycles. The predicted molar refractivity (Wildman–Crippen MR) is 60.6 cm³/mol. The maximum Gasteiger partial charge on any atom is 0.218 e. The highest BCUT2D eigenvalue weighted by atomic mass is 32.2. The highest BCUT2D eigenvalue weighted by Crippen LogP contribution is 2.17. The summed E-state index contributed by atoms with van der Waals surface area (Å²) < 4.78 is 25.5. The first-order valence-corrected chi connectivity index (χ1v) is 6.84. The maximum atomic E-state index is 11.4. The number of sulfonamides is 1. The Labute approximate surface area is 90.3 Å². The molecular weight excluding hydrogens is 220 g/mol. The van der Waals surface area contributed by atoms with E-state index in [9.17, 15) is 8.42 Å². The molecule has 82 valence electrons. The lowest BCUT2D eigenvalue weighted by molar-refractivity contribution is 0.412. The lowest BCUT2D eigenvalue weighted by Gasteiger charge is -2.22. The number of thiocarbonyl (C=S) groups is 1. The molecule has 0 unspecified atom stereocenters. The Morgan fingerprint density at radius 2 is 1.93 bits per heavy atom. The zero-order valence-corrected chi connectivity index (χ0v) is 9.66. The second-order valence-electron chi connectivity index (χ2n) is 3.68. The number of hydrogen-bond acceptors (Lipinski definition) is 3. The Hall–Kier alpha value is -0.200. The van der Waals surface area contributed by atoms with Crippen LogP contribution in [0.15, 0.2) is 0 Å². The minimum atomic E-state index is -3.30. The van der Waals surface area contributed by atoms with Crippen LogP contribution in [-0.2, 0) is 10.0 Å². The molecule has 0 radical (unpaired) electrons. The van der Waals surface area contributed by atoms with Crippen LogP contribution in [-0.4, -0.2) is 25.2 Å². The van der Waals surface area contributed by atoms with Gasteiger partial charge in [0.25, 0.3) is 0 Å². The molecule has 0 saturated heterocycles. The molecule has 0 aromatic rings. The highest BCUT2D eigenvalue weighted by molar-refractivity contribution is 7.92. The fraction of sp³-hybridized carbons (Fsp3) is 0.875. The Bertz CT molecular complexity index is 294. The summed E-state index contributed by atoms with van der Waals surface area (Å²) in [6.07, 6.45) is 5.25. The van der Waals surface area contributed by atoms with E-state index in [0.717, 1.165) is 25.7 Å². The molecule has 1 aliphatic carbocycles. The number of nitrogens with one attached hydrogen (secondary N) is 1. The molecule has 0 spiro atoms. The summed E-state index contributed by atoms with van der Waals surface area (Å²) in [6.45, 7) is 0. The molecule has 1 fully saturated rings. The van der Waals surface area contributed by atoms with E-state index < -0.39 is 10.0 Å². The third-order valence-corrected chi connectivity index (χ3v) is 3.99. The monoisotopic (exact) mass is 236 g/mol. The van der Waals surface area contributed by atoms with Crippen LogP contribution < -0.4 is 10.5 Å². The molecule has 14 heavy (non-hydrogen) atoms. The van der Waals surface area contributed by atoms with E-state index in [1.54, 1.807) is 0 Å². The SMILES string of the molecule is NC(=S)CS(=O)(=O)NC1CCCCC1. The summed E-state index contributed by atoms with van der Waals surface area (Å²) in [7, 11) is -3.30. The van der Waals surface area contributed by atoms with Crippen LogP contribution in [0.4, 0.5) is 0 Å².